The normalized spacial score (nSPS) is 23.9. The van der Waals surface area contributed by atoms with E-state index >= 15 is 0 Å². The fourth-order valence-electron chi connectivity index (χ4n) is 2.00. The minimum absolute atomic E-state index is 0.128. The molecule has 1 aliphatic rings. The van der Waals surface area contributed by atoms with Gasteiger partial charge in [-0.15, -0.1) is 0 Å². The predicted molar refractivity (Wildman–Crippen MR) is 59.8 cm³/mol. The van der Waals surface area contributed by atoms with E-state index in [1.54, 1.807) is 30.3 Å². The lowest BCUT2D eigenvalue weighted by molar-refractivity contribution is 0.0910. The second-order valence-corrected chi connectivity index (χ2v) is 4.31. The molecule has 0 heterocycles. The van der Waals surface area contributed by atoms with Gasteiger partial charge in [-0.05, 0) is 18.6 Å². The van der Waals surface area contributed by atoms with E-state index in [2.05, 4.69) is 5.32 Å². The molecular weight excluding hydrogens is 230 g/mol. The number of hydrogen-bond donors (Lipinski definition) is 1. The number of halogens is 3. The van der Waals surface area contributed by atoms with Gasteiger partial charge in [0.25, 0.3) is 5.91 Å². The average Bonchev–Trinajstić information content (AvgIpc) is 2.23. The molecule has 2 nitrogen and oxygen atoms in total. The number of nitrogens with one attached hydrogen (secondary N) is 1. The van der Waals surface area contributed by atoms with Crippen molar-refractivity contribution in [2.45, 2.75) is 24.7 Å². The molecule has 0 bridgehead atoms. The molecule has 0 saturated heterocycles. The summed E-state index contributed by atoms with van der Waals surface area (Å²) in [6.45, 7) is -4.85. The molecular formula is C11H12BF3NO-. The van der Waals surface area contributed by atoms with Crippen LogP contribution in [0.4, 0.5) is 12.9 Å². The molecule has 0 spiro atoms. The van der Waals surface area contributed by atoms with Crippen LogP contribution in [0.15, 0.2) is 30.3 Å². The van der Waals surface area contributed by atoms with E-state index in [1.165, 1.54) is 0 Å². The van der Waals surface area contributed by atoms with Crippen molar-refractivity contribution in [2.75, 3.05) is 0 Å². The van der Waals surface area contributed by atoms with E-state index in [4.69, 9.17) is 0 Å². The Balaban J connectivity index is 1.97. The van der Waals surface area contributed by atoms with E-state index in [0.29, 0.717) is 12.0 Å². The fourth-order valence-corrected chi connectivity index (χ4v) is 2.00. The van der Waals surface area contributed by atoms with Crippen molar-refractivity contribution in [3.63, 3.8) is 0 Å². The SMILES string of the molecule is O=C(N[C@H]1CC[C@H]1[B-](F)(F)F)c1ccccc1. The monoisotopic (exact) mass is 242 g/mol. The summed E-state index contributed by atoms with van der Waals surface area (Å²) in [6, 6.07) is 7.54. The molecule has 0 aromatic heterocycles. The molecule has 1 N–H and O–H groups in total. The van der Waals surface area contributed by atoms with Crippen molar-refractivity contribution in [3.8, 4) is 0 Å². The Morgan fingerprint density at radius 3 is 2.29 bits per heavy atom. The number of amides is 1. The summed E-state index contributed by atoms with van der Waals surface area (Å²) in [4.78, 5) is 11.6. The molecule has 1 aromatic rings. The summed E-state index contributed by atoms with van der Waals surface area (Å²) in [5.41, 5.74) is 0.396. The maximum atomic E-state index is 12.5. The van der Waals surface area contributed by atoms with Gasteiger partial charge in [-0.1, -0.05) is 30.4 Å². The number of benzene rings is 1. The van der Waals surface area contributed by atoms with E-state index in [0.717, 1.165) is 0 Å². The fraction of sp³-hybridized carbons (Fsp3) is 0.364. The summed E-state index contributed by atoms with van der Waals surface area (Å²) in [5, 5.41) is 2.45. The minimum atomic E-state index is -4.85. The van der Waals surface area contributed by atoms with Crippen LogP contribution in [0.1, 0.15) is 23.2 Å². The number of carbonyl (C=O) groups is 1. The van der Waals surface area contributed by atoms with Crippen molar-refractivity contribution in [2.24, 2.45) is 0 Å². The Morgan fingerprint density at radius 1 is 1.18 bits per heavy atom. The molecule has 0 radical (unpaired) electrons. The molecule has 1 aromatic carbocycles. The summed E-state index contributed by atoms with van der Waals surface area (Å²) >= 11 is 0. The van der Waals surface area contributed by atoms with Crippen molar-refractivity contribution >= 4 is 12.9 Å². The van der Waals surface area contributed by atoms with Gasteiger partial charge in [0.2, 0.25) is 0 Å². The molecule has 0 aliphatic heterocycles. The lowest BCUT2D eigenvalue weighted by Crippen LogP contribution is -2.50. The third kappa shape index (κ3) is 2.62. The summed E-state index contributed by atoms with van der Waals surface area (Å²) in [6.07, 6.45) is 0.535. The quantitative estimate of drug-likeness (QED) is 0.811. The Bertz CT molecular complexity index is 407. The van der Waals surface area contributed by atoms with E-state index < -0.39 is 24.7 Å². The molecule has 1 aliphatic carbocycles. The smallest absolute Gasteiger partial charge is 0.449 e. The van der Waals surface area contributed by atoms with Crippen LogP contribution in [-0.2, 0) is 0 Å². The molecule has 17 heavy (non-hydrogen) atoms. The molecule has 2 atom stereocenters. The lowest BCUT2D eigenvalue weighted by Gasteiger charge is -2.43. The minimum Gasteiger partial charge on any atom is -0.449 e. The molecule has 2 rings (SSSR count). The van der Waals surface area contributed by atoms with E-state index in [1.807, 2.05) is 0 Å². The van der Waals surface area contributed by atoms with Crippen LogP contribution in [-0.4, -0.2) is 18.9 Å². The van der Waals surface area contributed by atoms with Crippen LogP contribution < -0.4 is 5.32 Å². The third-order valence-corrected chi connectivity index (χ3v) is 3.17. The van der Waals surface area contributed by atoms with Crippen LogP contribution in [0.3, 0.4) is 0 Å². The standard InChI is InChI=1S/C11H12BF3NO/c13-12(14,15)9-6-7-10(9)16-11(17)8-4-2-1-3-5-8/h1-5,9-10H,6-7H2,(H,16,17)/q-1/t9-,10+/m1/s1. The Kier molecular flexibility index (Phi) is 3.13. The van der Waals surface area contributed by atoms with Gasteiger partial charge in [-0.3, -0.25) is 4.79 Å². The molecule has 1 fully saturated rings. The second kappa shape index (κ2) is 4.43. The van der Waals surface area contributed by atoms with Crippen LogP contribution in [0, 0.1) is 0 Å². The van der Waals surface area contributed by atoms with Crippen molar-refractivity contribution in [1.29, 1.82) is 0 Å². The van der Waals surface area contributed by atoms with E-state index in [9.17, 15) is 17.7 Å². The second-order valence-electron chi connectivity index (χ2n) is 4.31. The first-order valence-electron chi connectivity index (χ1n) is 5.54. The van der Waals surface area contributed by atoms with Gasteiger partial charge in [0, 0.05) is 11.6 Å². The van der Waals surface area contributed by atoms with E-state index in [-0.39, 0.29) is 6.42 Å². The van der Waals surface area contributed by atoms with Crippen LogP contribution in [0.2, 0.25) is 5.82 Å². The number of rotatable bonds is 3. The topological polar surface area (TPSA) is 29.1 Å². The van der Waals surface area contributed by atoms with Crippen molar-refractivity contribution in [3.05, 3.63) is 35.9 Å². The maximum Gasteiger partial charge on any atom is 0.483 e. The Hall–Kier alpha value is -1.46. The van der Waals surface area contributed by atoms with Gasteiger partial charge < -0.3 is 18.3 Å². The van der Waals surface area contributed by atoms with Crippen LogP contribution >= 0.6 is 0 Å². The van der Waals surface area contributed by atoms with Gasteiger partial charge >= 0.3 is 6.98 Å². The number of hydrogen-bond acceptors (Lipinski definition) is 1. The molecule has 1 amide bonds. The van der Waals surface area contributed by atoms with Crippen molar-refractivity contribution < 1.29 is 17.7 Å². The Morgan fingerprint density at radius 2 is 1.82 bits per heavy atom. The first kappa shape index (κ1) is 12.0. The predicted octanol–water partition coefficient (Wildman–Crippen LogP) is 2.80. The first-order chi connectivity index (χ1) is 7.98. The van der Waals surface area contributed by atoms with Crippen molar-refractivity contribution in [1.82, 2.24) is 5.32 Å². The highest BCUT2D eigenvalue weighted by Crippen LogP contribution is 2.43. The lowest BCUT2D eigenvalue weighted by atomic mass is 9.57. The largest absolute Gasteiger partial charge is 0.483 e. The third-order valence-electron chi connectivity index (χ3n) is 3.17. The average molecular weight is 242 g/mol. The van der Waals surface area contributed by atoms with Gasteiger partial charge in [-0.25, -0.2) is 0 Å². The summed E-state index contributed by atoms with van der Waals surface area (Å²) in [5.74, 6) is -1.76. The van der Waals surface area contributed by atoms with Crippen LogP contribution in [0.5, 0.6) is 0 Å². The molecule has 0 unspecified atom stereocenters. The Labute approximate surface area is 97.3 Å². The molecule has 1 saturated carbocycles. The van der Waals surface area contributed by atoms with Crippen LogP contribution in [0.25, 0.3) is 0 Å². The number of carbonyl (C=O) groups excluding carboxylic acids is 1. The highest BCUT2D eigenvalue weighted by Gasteiger charge is 2.45. The molecule has 92 valence electrons. The van der Waals surface area contributed by atoms with Gasteiger partial charge in [0.15, 0.2) is 0 Å². The van der Waals surface area contributed by atoms with Gasteiger partial charge in [0.1, 0.15) is 0 Å². The summed E-state index contributed by atoms with van der Waals surface area (Å²) < 4.78 is 37.5. The van der Waals surface area contributed by atoms with Gasteiger partial charge in [0.05, 0.1) is 0 Å². The molecule has 6 heteroatoms. The highest BCUT2D eigenvalue weighted by atomic mass is 19.4. The van der Waals surface area contributed by atoms with Gasteiger partial charge in [-0.2, -0.15) is 0 Å². The highest BCUT2D eigenvalue weighted by molar-refractivity contribution is 6.60. The zero-order chi connectivity index (χ0) is 12.5. The zero-order valence-corrected chi connectivity index (χ0v) is 9.08. The zero-order valence-electron chi connectivity index (χ0n) is 9.08. The maximum absolute atomic E-state index is 12.5. The summed E-state index contributed by atoms with van der Waals surface area (Å²) in [7, 11) is 0. The first-order valence-corrected chi connectivity index (χ1v) is 5.54.